The van der Waals surface area contributed by atoms with Crippen molar-refractivity contribution in [1.29, 1.82) is 0 Å². The molecule has 0 aliphatic carbocycles. The smallest absolute Gasteiger partial charge is 0.222 e. The number of aryl methyl sites for hydroxylation is 1. The molecular formula is C23H29ClN2O3. The summed E-state index contributed by atoms with van der Waals surface area (Å²) in [5.74, 6) is 1.93. The van der Waals surface area contributed by atoms with Gasteiger partial charge in [-0.3, -0.25) is 9.69 Å². The lowest BCUT2D eigenvalue weighted by molar-refractivity contribution is -0.133. The van der Waals surface area contributed by atoms with E-state index in [0.29, 0.717) is 24.5 Å². The maximum atomic E-state index is 12.7. The van der Waals surface area contributed by atoms with Crippen molar-refractivity contribution in [1.82, 2.24) is 9.80 Å². The Bertz CT molecular complexity index is 820. The number of methoxy groups -OCH3 is 1. The van der Waals surface area contributed by atoms with Crippen LogP contribution in [0.15, 0.2) is 42.5 Å². The summed E-state index contributed by atoms with van der Waals surface area (Å²) in [6.07, 6.45) is 1.21. The van der Waals surface area contributed by atoms with Gasteiger partial charge in [0.25, 0.3) is 0 Å². The minimum atomic E-state index is 0.205. The predicted molar refractivity (Wildman–Crippen MR) is 116 cm³/mol. The van der Waals surface area contributed by atoms with E-state index in [2.05, 4.69) is 4.90 Å². The molecule has 29 heavy (non-hydrogen) atoms. The highest BCUT2D eigenvalue weighted by atomic mass is 35.5. The molecule has 1 aliphatic heterocycles. The molecule has 0 saturated carbocycles. The highest BCUT2D eigenvalue weighted by molar-refractivity contribution is 6.30. The van der Waals surface area contributed by atoms with Crippen LogP contribution in [0.4, 0.5) is 0 Å². The van der Waals surface area contributed by atoms with E-state index in [0.717, 1.165) is 55.3 Å². The van der Waals surface area contributed by atoms with Crippen molar-refractivity contribution in [2.45, 2.75) is 26.3 Å². The molecule has 1 amide bonds. The summed E-state index contributed by atoms with van der Waals surface area (Å²) in [6, 6.07) is 13.6. The molecule has 3 rings (SSSR count). The molecule has 156 valence electrons. The molecule has 0 unspecified atom stereocenters. The summed E-state index contributed by atoms with van der Waals surface area (Å²) >= 11 is 6.14. The van der Waals surface area contributed by atoms with Crippen molar-refractivity contribution >= 4 is 17.5 Å². The summed E-state index contributed by atoms with van der Waals surface area (Å²) in [4.78, 5) is 17.0. The number of halogens is 1. The van der Waals surface area contributed by atoms with Crippen LogP contribution in [0, 0.1) is 0 Å². The second kappa shape index (κ2) is 10.5. The third-order valence-electron chi connectivity index (χ3n) is 5.24. The SMILES string of the molecule is CCOc1ccccc1CCC(=O)N1CCN(Cc2cc(Cl)ccc2OC)CC1. The van der Waals surface area contributed by atoms with E-state index in [-0.39, 0.29) is 5.91 Å². The van der Waals surface area contributed by atoms with E-state index in [4.69, 9.17) is 21.1 Å². The molecule has 1 heterocycles. The van der Waals surface area contributed by atoms with Crippen molar-refractivity contribution in [3.05, 3.63) is 58.6 Å². The van der Waals surface area contributed by atoms with E-state index in [1.165, 1.54) is 0 Å². The van der Waals surface area contributed by atoms with Gasteiger partial charge in [0.05, 0.1) is 13.7 Å². The molecule has 2 aromatic carbocycles. The van der Waals surface area contributed by atoms with Gasteiger partial charge in [-0.1, -0.05) is 29.8 Å². The van der Waals surface area contributed by atoms with E-state index < -0.39 is 0 Å². The summed E-state index contributed by atoms with van der Waals surface area (Å²) in [7, 11) is 1.67. The van der Waals surface area contributed by atoms with Gasteiger partial charge in [0.2, 0.25) is 5.91 Å². The van der Waals surface area contributed by atoms with E-state index in [1.807, 2.05) is 54.3 Å². The van der Waals surface area contributed by atoms with Gasteiger partial charge < -0.3 is 14.4 Å². The first-order valence-electron chi connectivity index (χ1n) is 10.1. The zero-order chi connectivity index (χ0) is 20.6. The zero-order valence-electron chi connectivity index (χ0n) is 17.2. The number of benzene rings is 2. The number of hydrogen-bond donors (Lipinski definition) is 0. The van der Waals surface area contributed by atoms with Gasteiger partial charge in [-0.2, -0.15) is 0 Å². The fourth-order valence-corrected chi connectivity index (χ4v) is 3.87. The van der Waals surface area contributed by atoms with Crippen LogP contribution in [0.2, 0.25) is 5.02 Å². The molecule has 1 saturated heterocycles. The molecule has 0 atom stereocenters. The van der Waals surface area contributed by atoms with Crippen LogP contribution in [-0.4, -0.2) is 55.6 Å². The van der Waals surface area contributed by atoms with Gasteiger partial charge in [-0.05, 0) is 43.2 Å². The number of hydrogen-bond acceptors (Lipinski definition) is 4. The largest absolute Gasteiger partial charge is 0.496 e. The summed E-state index contributed by atoms with van der Waals surface area (Å²) in [6.45, 7) is 6.55. The normalized spacial score (nSPS) is 14.7. The molecule has 1 fully saturated rings. The Morgan fingerprint density at radius 3 is 2.52 bits per heavy atom. The summed E-state index contributed by atoms with van der Waals surface area (Å²) < 4.78 is 11.1. The van der Waals surface area contributed by atoms with Gasteiger partial charge in [0.1, 0.15) is 11.5 Å². The number of para-hydroxylation sites is 1. The second-order valence-electron chi connectivity index (χ2n) is 7.15. The molecule has 5 nitrogen and oxygen atoms in total. The lowest BCUT2D eigenvalue weighted by Gasteiger charge is -2.35. The molecule has 0 spiro atoms. The highest BCUT2D eigenvalue weighted by Gasteiger charge is 2.22. The Hall–Kier alpha value is -2.24. The third kappa shape index (κ3) is 5.87. The number of carbonyl (C=O) groups is 1. The maximum Gasteiger partial charge on any atom is 0.222 e. The monoisotopic (exact) mass is 416 g/mol. The molecule has 1 aliphatic rings. The number of piperazine rings is 1. The number of amides is 1. The van der Waals surface area contributed by atoms with Gasteiger partial charge in [-0.15, -0.1) is 0 Å². The Morgan fingerprint density at radius 2 is 1.79 bits per heavy atom. The van der Waals surface area contributed by atoms with Crippen molar-refractivity contribution in [2.75, 3.05) is 39.9 Å². The van der Waals surface area contributed by atoms with Crippen LogP contribution < -0.4 is 9.47 Å². The zero-order valence-corrected chi connectivity index (χ0v) is 18.0. The highest BCUT2D eigenvalue weighted by Crippen LogP contribution is 2.25. The second-order valence-corrected chi connectivity index (χ2v) is 7.59. The minimum Gasteiger partial charge on any atom is -0.496 e. The Morgan fingerprint density at radius 1 is 1.03 bits per heavy atom. The standard InChI is InChI=1S/C23H29ClN2O3/c1-3-29-22-7-5-4-6-18(22)8-11-23(27)26-14-12-25(13-15-26)17-19-16-20(24)9-10-21(19)28-2/h4-7,9-10,16H,3,8,11-15,17H2,1-2H3. The maximum absolute atomic E-state index is 12.7. The van der Waals surface area contributed by atoms with Crippen LogP contribution in [0.3, 0.4) is 0 Å². The molecule has 0 N–H and O–H groups in total. The quantitative estimate of drug-likeness (QED) is 0.651. The van der Waals surface area contributed by atoms with Gasteiger partial charge >= 0.3 is 0 Å². The summed E-state index contributed by atoms with van der Waals surface area (Å²) in [5.41, 5.74) is 2.17. The average molecular weight is 417 g/mol. The fraction of sp³-hybridized carbons (Fsp3) is 0.435. The number of nitrogens with zero attached hydrogens (tertiary/aromatic N) is 2. The van der Waals surface area contributed by atoms with Crippen molar-refractivity contribution in [2.24, 2.45) is 0 Å². The van der Waals surface area contributed by atoms with Gasteiger partial charge in [-0.25, -0.2) is 0 Å². The molecule has 6 heteroatoms. The Labute approximate surface area is 178 Å². The van der Waals surface area contributed by atoms with E-state index >= 15 is 0 Å². The van der Waals surface area contributed by atoms with Crippen LogP contribution in [0.5, 0.6) is 11.5 Å². The van der Waals surface area contributed by atoms with Crippen LogP contribution in [-0.2, 0) is 17.8 Å². The average Bonchev–Trinajstić information content (AvgIpc) is 2.74. The number of ether oxygens (including phenoxy) is 2. The number of rotatable bonds is 8. The van der Waals surface area contributed by atoms with Gasteiger partial charge in [0, 0.05) is 49.7 Å². The van der Waals surface area contributed by atoms with E-state index in [1.54, 1.807) is 7.11 Å². The van der Waals surface area contributed by atoms with Crippen LogP contribution in [0.25, 0.3) is 0 Å². The Balaban J connectivity index is 1.49. The lowest BCUT2D eigenvalue weighted by Crippen LogP contribution is -2.48. The van der Waals surface area contributed by atoms with Crippen LogP contribution >= 0.6 is 11.6 Å². The molecule has 0 bridgehead atoms. The lowest BCUT2D eigenvalue weighted by atomic mass is 10.1. The molecular weight excluding hydrogens is 388 g/mol. The summed E-state index contributed by atoms with van der Waals surface area (Å²) in [5, 5.41) is 0.710. The van der Waals surface area contributed by atoms with Crippen LogP contribution in [0.1, 0.15) is 24.5 Å². The van der Waals surface area contributed by atoms with E-state index in [9.17, 15) is 4.79 Å². The third-order valence-corrected chi connectivity index (χ3v) is 5.48. The van der Waals surface area contributed by atoms with Crippen molar-refractivity contribution in [3.63, 3.8) is 0 Å². The first-order valence-corrected chi connectivity index (χ1v) is 10.5. The van der Waals surface area contributed by atoms with Crippen molar-refractivity contribution < 1.29 is 14.3 Å². The molecule has 0 aromatic heterocycles. The first kappa shape index (κ1) is 21.5. The van der Waals surface area contributed by atoms with Crippen molar-refractivity contribution in [3.8, 4) is 11.5 Å². The van der Waals surface area contributed by atoms with Gasteiger partial charge in [0.15, 0.2) is 0 Å². The topological polar surface area (TPSA) is 42.0 Å². The molecule has 0 radical (unpaired) electrons. The fourth-order valence-electron chi connectivity index (χ4n) is 3.67. The minimum absolute atomic E-state index is 0.205. The first-order chi connectivity index (χ1) is 14.1. The molecule has 2 aromatic rings. The Kier molecular flexibility index (Phi) is 7.78. The number of carbonyl (C=O) groups excluding carboxylic acids is 1. The predicted octanol–water partition coefficient (Wildman–Crippen LogP) is 4.02.